The molecule has 0 bridgehead atoms. The molecule has 33 heavy (non-hydrogen) atoms. The Morgan fingerprint density at radius 1 is 1.18 bits per heavy atom. The van der Waals surface area contributed by atoms with Crippen LogP contribution in [0.1, 0.15) is 27.0 Å². The highest BCUT2D eigenvalue weighted by Gasteiger charge is 2.44. The fraction of sp³-hybridized carbons (Fsp3) is 0.120. The average Bonchev–Trinajstić information content (AvgIpc) is 3.54. The maximum absolute atomic E-state index is 13.6. The van der Waals surface area contributed by atoms with E-state index in [9.17, 15) is 14.7 Å². The third kappa shape index (κ3) is 3.69. The number of ketones is 1. The third-order valence-corrected chi connectivity index (χ3v) is 6.71. The molecule has 2 aromatic heterocycles. The Labute approximate surface area is 198 Å². The zero-order valence-corrected chi connectivity index (χ0v) is 19.0. The number of furan rings is 1. The molecule has 0 radical (unpaired) electrons. The van der Waals surface area contributed by atoms with E-state index in [1.807, 2.05) is 17.5 Å². The highest BCUT2D eigenvalue weighted by molar-refractivity contribution is 7.09. The van der Waals surface area contributed by atoms with E-state index in [0.29, 0.717) is 27.3 Å². The first-order valence-electron chi connectivity index (χ1n) is 10.1. The van der Waals surface area contributed by atoms with Gasteiger partial charge < -0.3 is 19.2 Å². The van der Waals surface area contributed by atoms with Crippen LogP contribution in [0.2, 0.25) is 5.02 Å². The molecular weight excluding hydrogens is 462 g/mol. The normalized spacial score (nSPS) is 16.1. The number of amides is 1. The summed E-state index contributed by atoms with van der Waals surface area (Å²) in [7, 11) is 1.52. The standard InChI is InChI=1S/C25H18ClNO5S/c1-31-18-6-2-4-15-12-19(32-24(15)18)22(28)20-21(14-7-9-16(26)10-8-14)27(25(30)23(20)29)13-17-5-3-11-33-17/h2-12,21,29H,13H2,1H3. The second-order valence-electron chi connectivity index (χ2n) is 7.55. The number of hydrogen-bond donors (Lipinski definition) is 1. The monoisotopic (exact) mass is 479 g/mol. The molecule has 1 unspecified atom stereocenters. The van der Waals surface area contributed by atoms with E-state index in [4.69, 9.17) is 20.8 Å². The maximum atomic E-state index is 13.6. The highest BCUT2D eigenvalue weighted by atomic mass is 35.5. The number of ether oxygens (including phenoxy) is 1. The quantitative estimate of drug-likeness (QED) is 0.346. The molecule has 0 fully saturated rings. The number of aliphatic hydroxyl groups excluding tert-OH is 1. The smallest absolute Gasteiger partial charge is 0.290 e. The minimum absolute atomic E-state index is 0.0146. The van der Waals surface area contributed by atoms with Crippen LogP contribution in [0.25, 0.3) is 11.0 Å². The molecule has 3 heterocycles. The summed E-state index contributed by atoms with van der Waals surface area (Å²) in [6, 6.07) is 16.8. The number of benzene rings is 2. The van der Waals surface area contributed by atoms with Gasteiger partial charge in [-0.05, 0) is 41.3 Å². The molecule has 1 aliphatic rings. The van der Waals surface area contributed by atoms with Crippen molar-refractivity contribution in [2.24, 2.45) is 0 Å². The van der Waals surface area contributed by atoms with Crippen molar-refractivity contribution < 1.29 is 23.8 Å². The Bertz CT molecular complexity index is 1390. The van der Waals surface area contributed by atoms with E-state index in [1.165, 1.54) is 23.3 Å². The number of carbonyl (C=O) groups excluding carboxylic acids is 2. The lowest BCUT2D eigenvalue weighted by molar-refractivity contribution is -0.130. The van der Waals surface area contributed by atoms with Gasteiger partial charge in [-0.3, -0.25) is 9.59 Å². The summed E-state index contributed by atoms with van der Waals surface area (Å²) >= 11 is 7.55. The highest BCUT2D eigenvalue weighted by Crippen LogP contribution is 2.41. The number of halogens is 1. The number of carbonyl (C=O) groups is 2. The van der Waals surface area contributed by atoms with Crippen LogP contribution >= 0.6 is 22.9 Å². The van der Waals surface area contributed by atoms with E-state index in [1.54, 1.807) is 48.5 Å². The molecule has 0 spiro atoms. The Hall–Kier alpha value is -3.55. The Morgan fingerprint density at radius 2 is 1.97 bits per heavy atom. The number of aliphatic hydroxyl groups is 1. The maximum Gasteiger partial charge on any atom is 0.290 e. The van der Waals surface area contributed by atoms with Crippen molar-refractivity contribution in [2.75, 3.05) is 7.11 Å². The summed E-state index contributed by atoms with van der Waals surface area (Å²) in [6.45, 7) is 0.249. The molecule has 1 N–H and O–H groups in total. The number of hydrogen-bond acceptors (Lipinski definition) is 6. The van der Waals surface area contributed by atoms with Crippen LogP contribution in [-0.2, 0) is 11.3 Å². The molecule has 1 atom stereocenters. The van der Waals surface area contributed by atoms with Crippen LogP contribution in [0, 0.1) is 0 Å². The van der Waals surface area contributed by atoms with Gasteiger partial charge in [-0.2, -0.15) is 0 Å². The van der Waals surface area contributed by atoms with Crippen LogP contribution < -0.4 is 4.74 Å². The van der Waals surface area contributed by atoms with Gasteiger partial charge in [-0.15, -0.1) is 11.3 Å². The van der Waals surface area contributed by atoms with Crippen LogP contribution in [0.15, 0.2) is 81.8 Å². The van der Waals surface area contributed by atoms with Gasteiger partial charge in [0.25, 0.3) is 5.91 Å². The predicted octanol–water partition coefficient (Wildman–Crippen LogP) is 5.93. The second-order valence-corrected chi connectivity index (χ2v) is 9.02. The number of rotatable bonds is 6. The van der Waals surface area contributed by atoms with Gasteiger partial charge in [-0.1, -0.05) is 41.9 Å². The fourth-order valence-electron chi connectivity index (χ4n) is 4.05. The number of thiophene rings is 1. The number of Topliss-reactive ketones (excluding diaryl/α,β-unsaturated/α-hetero) is 1. The first kappa shape index (κ1) is 21.3. The Morgan fingerprint density at radius 3 is 2.67 bits per heavy atom. The van der Waals surface area contributed by atoms with Gasteiger partial charge in [0.05, 0.1) is 25.3 Å². The van der Waals surface area contributed by atoms with Gasteiger partial charge in [0.15, 0.2) is 22.9 Å². The molecule has 1 amide bonds. The zero-order valence-electron chi connectivity index (χ0n) is 17.4. The van der Waals surface area contributed by atoms with E-state index in [0.717, 1.165) is 4.88 Å². The van der Waals surface area contributed by atoms with Crippen LogP contribution in [0.4, 0.5) is 0 Å². The van der Waals surface area contributed by atoms with Crippen LogP contribution in [0.3, 0.4) is 0 Å². The van der Waals surface area contributed by atoms with Crippen molar-refractivity contribution in [1.29, 1.82) is 0 Å². The largest absolute Gasteiger partial charge is 0.503 e. The lowest BCUT2D eigenvalue weighted by Gasteiger charge is -2.26. The topological polar surface area (TPSA) is 80.0 Å². The summed E-state index contributed by atoms with van der Waals surface area (Å²) in [5.41, 5.74) is 1.05. The third-order valence-electron chi connectivity index (χ3n) is 5.59. The summed E-state index contributed by atoms with van der Waals surface area (Å²) in [6.07, 6.45) is 0. The number of methoxy groups -OCH3 is 1. The van der Waals surface area contributed by atoms with E-state index in [2.05, 4.69) is 0 Å². The molecule has 0 saturated carbocycles. The molecule has 2 aromatic carbocycles. The van der Waals surface area contributed by atoms with E-state index in [-0.39, 0.29) is 17.9 Å². The van der Waals surface area contributed by atoms with Crippen molar-refractivity contribution in [3.05, 3.63) is 98.6 Å². The molecule has 4 aromatic rings. The molecular formula is C25H18ClNO5S. The predicted molar refractivity (Wildman–Crippen MR) is 126 cm³/mol. The molecule has 8 heteroatoms. The Balaban J connectivity index is 1.61. The lowest BCUT2D eigenvalue weighted by atomic mass is 9.95. The van der Waals surface area contributed by atoms with Crippen LogP contribution in [0.5, 0.6) is 5.75 Å². The lowest BCUT2D eigenvalue weighted by Crippen LogP contribution is -2.30. The van der Waals surface area contributed by atoms with Crippen molar-refractivity contribution >= 4 is 45.6 Å². The number of para-hydroxylation sites is 1. The van der Waals surface area contributed by atoms with E-state index < -0.39 is 23.5 Å². The molecule has 5 rings (SSSR count). The number of fused-ring (bicyclic) bond motifs is 1. The minimum atomic E-state index is -0.792. The van der Waals surface area contributed by atoms with Gasteiger partial charge in [0.2, 0.25) is 5.78 Å². The Kier molecular flexibility index (Phi) is 5.44. The van der Waals surface area contributed by atoms with Gasteiger partial charge in [-0.25, -0.2) is 0 Å². The summed E-state index contributed by atoms with van der Waals surface area (Å²) in [5.74, 6) is -1.25. The molecule has 0 aliphatic carbocycles. The van der Waals surface area contributed by atoms with Crippen molar-refractivity contribution in [1.82, 2.24) is 4.90 Å². The van der Waals surface area contributed by atoms with Crippen molar-refractivity contribution in [3.8, 4) is 5.75 Å². The summed E-state index contributed by atoms with van der Waals surface area (Å²) in [5, 5.41) is 13.9. The number of nitrogens with zero attached hydrogens (tertiary/aromatic N) is 1. The first-order chi connectivity index (χ1) is 16.0. The fourth-order valence-corrected chi connectivity index (χ4v) is 4.88. The summed E-state index contributed by atoms with van der Waals surface area (Å²) in [4.78, 5) is 29.1. The second kappa shape index (κ2) is 8.42. The summed E-state index contributed by atoms with van der Waals surface area (Å²) < 4.78 is 11.1. The van der Waals surface area contributed by atoms with Gasteiger partial charge in [0.1, 0.15) is 0 Å². The van der Waals surface area contributed by atoms with Gasteiger partial charge in [0, 0.05) is 15.3 Å². The first-order valence-corrected chi connectivity index (χ1v) is 11.4. The molecule has 0 saturated heterocycles. The van der Waals surface area contributed by atoms with Gasteiger partial charge >= 0.3 is 0 Å². The molecule has 166 valence electrons. The van der Waals surface area contributed by atoms with Crippen LogP contribution in [-0.4, -0.2) is 28.8 Å². The zero-order chi connectivity index (χ0) is 23.1. The van der Waals surface area contributed by atoms with E-state index >= 15 is 0 Å². The SMILES string of the molecule is COc1cccc2cc(C(=O)C3=C(O)C(=O)N(Cc4cccs4)C3c3ccc(Cl)cc3)oc12. The molecule has 1 aliphatic heterocycles. The molecule has 6 nitrogen and oxygen atoms in total. The minimum Gasteiger partial charge on any atom is -0.503 e. The average molecular weight is 480 g/mol. The van der Waals surface area contributed by atoms with Crippen molar-refractivity contribution in [2.45, 2.75) is 12.6 Å². The van der Waals surface area contributed by atoms with Crippen molar-refractivity contribution in [3.63, 3.8) is 0 Å².